The largest absolute Gasteiger partial charge is 0.395 e. The van der Waals surface area contributed by atoms with Crippen LogP contribution in [0.2, 0.25) is 0 Å². The smallest absolute Gasteiger partial charge is 0.129 e. The molecule has 2 N–H and O–H groups in total. The quantitative estimate of drug-likeness (QED) is 0.757. The van der Waals surface area contributed by atoms with Crippen LogP contribution in [0.4, 0.5) is 5.82 Å². The molecule has 0 amide bonds. The number of aromatic nitrogens is 1. The first-order valence-electron chi connectivity index (χ1n) is 7.18. The minimum absolute atomic E-state index is 0.157. The summed E-state index contributed by atoms with van der Waals surface area (Å²) in [6.07, 6.45) is 3.97. The summed E-state index contributed by atoms with van der Waals surface area (Å²) in [6.45, 7) is 7.28. The summed E-state index contributed by atoms with van der Waals surface area (Å²) < 4.78 is 0. The zero-order chi connectivity index (χ0) is 14.3. The molecular formula is C15H27N3O. The lowest BCUT2D eigenvalue weighted by Gasteiger charge is -2.31. The Morgan fingerprint density at radius 2 is 2.05 bits per heavy atom. The standard InChI is InChI=1S/C15H27N3O/c1-5-14(6-2)18(9-10-19)15-11-13(7-8-17-15)12(3)16-4/h7-8,11-12,14,16,19H,5-6,9-10H2,1-4H3. The lowest BCUT2D eigenvalue weighted by atomic mass is 10.1. The SMILES string of the molecule is CCC(CC)N(CCO)c1cc(C(C)NC)ccn1. The van der Waals surface area contributed by atoms with E-state index >= 15 is 0 Å². The second kappa shape index (κ2) is 8.12. The second-order valence-corrected chi connectivity index (χ2v) is 4.85. The van der Waals surface area contributed by atoms with Crippen molar-refractivity contribution in [2.75, 3.05) is 25.1 Å². The summed E-state index contributed by atoms with van der Waals surface area (Å²) in [6, 6.07) is 4.89. The summed E-state index contributed by atoms with van der Waals surface area (Å²) in [4.78, 5) is 6.69. The van der Waals surface area contributed by atoms with Crippen molar-refractivity contribution < 1.29 is 5.11 Å². The van der Waals surface area contributed by atoms with E-state index in [1.54, 1.807) is 0 Å². The average molecular weight is 265 g/mol. The molecule has 1 aromatic heterocycles. The Hall–Kier alpha value is -1.13. The minimum Gasteiger partial charge on any atom is -0.395 e. The van der Waals surface area contributed by atoms with Gasteiger partial charge in [-0.05, 0) is 44.5 Å². The molecule has 0 spiro atoms. The molecule has 0 fully saturated rings. The predicted octanol–water partition coefficient (Wildman–Crippen LogP) is 2.35. The van der Waals surface area contributed by atoms with E-state index in [4.69, 9.17) is 0 Å². The summed E-state index contributed by atoms with van der Waals surface area (Å²) in [7, 11) is 1.96. The number of rotatable bonds is 8. The molecule has 0 bridgehead atoms. The van der Waals surface area contributed by atoms with E-state index in [9.17, 15) is 5.11 Å². The van der Waals surface area contributed by atoms with Crippen LogP contribution in [0.5, 0.6) is 0 Å². The Morgan fingerprint density at radius 3 is 2.58 bits per heavy atom. The summed E-state index contributed by atoms with van der Waals surface area (Å²) in [5.41, 5.74) is 1.22. The van der Waals surface area contributed by atoms with Crippen LogP contribution in [0.25, 0.3) is 0 Å². The van der Waals surface area contributed by atoms with Crippen LogP contribution in [-0.2, 0) is 0 Å². The number of hydrogen-bond acceptors (Lipinski definition) is 4. The minimum atomic E-state index is 0.157. The summed E-state index contributed by atoms with van der Waals surface area (Å²) >= 11 is 0. The molecule has 1 unspecified atom stereocenters. The van der Waals surface area contributed by atoms with Gasteiger partial charge in [0, 0.05) is 24.8 Å². The molecule has 1 aromatic rings. The van der Waals surface area contributed by atoms with E-state index in [1.165, 1.54) is 5.56 Å². The van der Waals surface area contributed by atoms with Gasteiger partial charge in [0.25, 0.3) is 0 Å². The van der Waals surface area contributed by atoms with Crippen LogP contribution in [-0.4, -0.2) is 36.3 Å². The fourth-order valence-electron chi connectivity index (χ4n) is 2.35. The molecule has 0 aliphatic rings. The Balaban J connectivity index is 3.01. The van der Waals surface area contributed by atoms with Gasteiger partial charge in [0.05, 0.1) is 6.61 Å². The van der Waals surface area contributed by atoms with Gasteiger partial charge in [-0.25, -0.2) is 4.98 Å². The normalized spacial score (nSPS) is 12.7. The monoisotopic (exact) mass is 265 g/mol. The van der Waals surface area contributed by atoms with Gasteiger partial charge < -0.3 is 15.3 Å². The van der Waals surface area contributed by atoms with Crippen molar-refractivity contribution >= 4 is 5.82 Å². The van der Waals surface area contributed by atoms with E-state index in [2.05, 4.69) is 42.0 Å². The highest BCUT2D eigenvalue weighted by atomic mass is 16.3. The van der Waals surface area contributed by atoms with Gasteiger partial charge >= 0.3 is 0 Å². The van der Waals surface area contributed by atoms with Gasteiger partial charge in [0.2, 0.25) is 0 Å². The molecule has 0 aliphatic heterocycles. The Labute approximate surface area is 116 Å². The maximum absolute atomic E-state index is 9.28. The van der Waals surface area contributed by atoms with Crippen molar-refractivity contribution in [3.8, 4) is 0 Å². The molecule has 108 valence electrons. The summed E-state index contributed by atoms with van der Waals surface area (Å²) in [5.74, 6) is 0.961. The highest BCUT2D eigenvalue weighted by Gasteiger charge is 2.17. The second-order valence-electron chi connectivity index (χ2n) is 4.85. The number of nitrogens with zero attached hydrogens (tertiary/aromatic N) is 2. The van der Waals surface area contributed by atoms with Crippen LogP contribution < -0.4 is 10.2 Å². The van der Waals surface area contributed by atoms with Crippen molar-refractivity contribution in [1.29, 1.82) is 0 Å². The fraction of sp³-hybridized carbons (Fsp3) is 0.667. The molecule has 0 saturated carbocycles. The van der Waals surface area contributed by atoms with Gasteiger partial charge in [0.1, 0.15) is 5.82 Å². The molecule has 0 aliphatic carbocycles. The van der Waals surface area contributed by atoms with Crippen LogP contribution >= 0.6 is 0 Å². The van der Waals surface area contributed by atoms with Crippen molar-refractivity contribution in [2.45, 2.75) is 45.7 Å². The molecule has 4 heteroatoms. The first kappa shape index (κ1) is 15.9. The topological polar surface area (TPSA) is 48.4 Å². The number of anilines is 1. The Kier molecular flexibility index (Phi) is 6.81. The molecule has 0 radical (unpaired) electrons. The van der Waals surface area contributed by atoms with Crippen molar-refractivity contribution in [3.05, 3.63) is 23.9 Å². The molecule has 1 rings (SSSR count). The third kappa shape index (κ3) is 4.18. The Morgan fingerprint density at radius 1 is 1.37 bits per heavy atom. The maximum atomic E-state index is 9.28. The van der Waals surface area contributed by atoms with Crippen molar-refractivity contribution in [1.82, 2.24) is 10.3 Å². The number of hydrogen-bond donors (Lipinski definition) is 2. The van der Waals surface area contributed by atoms with Crippen molar-refractivity contribution in [2.24, 2.45) is 0 Å². The molecular weight excluding hydrogens is 238 g/mol. The first-order chi connectivity index (χ1) is 9.17. The van der Waals surface area contributed by atoms with Gasteiger partial charge in [-0.1, -0.05) is 13.8 Å². The third-order valence-corrected chi connectivity index (χ3v) is 3.72. The number of nitrogens with one attached hydrogen (secondary N) is 1. The fourth-order valence-corrected chi connectivity index (χ4v) is 2.35. The molecule has 0 aromatic carbocycles. The van der Waals surface area contributed by atoms with Crippen molar-refractivity contribution in [3.63, 3.8) is 0 Å². The van der Waals surface area contributed by atoms with E-state index in [-0.39, 0.29) is 6.61 Å². The highest BCUT2D eigenvalue weighted by molar-refractivity contribution is 5.43. The molecule has 19 heavy (non-hydrogen) atoms. The molecule has 0 saturated heterocycles. The number of pyridine rings is 1. The molecule has 1 heterocycles. The van der Waals surface area contributed by atoms with E-state index < -0.39 is 0 Å². The van der Waals surface area contributed by atoms with E-state index in [0.717, 1.165) is 18.7 Å². The van der Waals surface area contributed by atoms with Crippen LogP contribution in [0.15, 0.2) is 18.3 Å². The zero-order valence-corrected chi connectivity index (χ0v) is 12.6. The average Bonchev–Trinajstić information content (AvgIpc) is 2.46. The van der Waals surface area contributed by atoms with Gasteiger partial charge in [-0.3, -0.25) is 0 Å². The lowest BCUT2D eigenvalue weighted by molar-refractivity contribution is 0.295. The number of aliphatic hydroxyl groups is 1. The third-order valence-electron chi connectivity index (χ3n) is 3.72. The number of aliphatic hydroxyl groups excluding tert-OH is 1. The lowest BCUT2D eigenvalue weighted by Crippen LogP contribution is -2.37. The van der Waals surface area contributed by atoms with Crippen LogP contribution in [0.1, 0.15) is 45.2 Å². The van der Waals surface area contributed by atoms with Crippen LogP contribution in [0, 0.1) is 0 Å². The van der Waals surface area contributed by atoms with Gasteiger partial charge in [0.15, 0.2) is 0 Å². The van der Waals surface area contributed by atoms with Gasteiger partial charge in [-0.15, -0.1) is 0 Å². The van der Waals surface area contributed by atoms with E-state index in [1.807, 2.05) is 19.3 Å². The van der Waals surface area contributed by atoms with E-state index in [0.29, 0.717) is 18.6 Å². The molecule has 4 nitrogen and oxygen atoms in total. The molecule has 1 atom stereocenters. The summed E-state index contributed by atoms with van der Waals surface area (Å²) in [5, 5.41) is 12.5. The predicted molar refractivity (Wildman–Crippen MR) is 80.5 cm³/mol. The first-order valence-corrected chi connectivity index (χ1v) is 7.18. The van der Waals surface area contributed by atoms with Gasteiger partial charge in [-0.2, -0.15) is 0 Å². The maximum Gasteiger partial charge on any atom is 0.129 e. The Bertz CT molecular complexity index is 366. The highest BCUT2D eigenvalue weighted by Crippen LogP contribution is 2.21. The zero-order valence-electron chi connectivity index (χ0n) is 12.6. The van der Waals surface area contributed by atoms with Crippen LogP contribution in [0.3, 0.4) is 0 Å².